The van der Waals surface area contributed by atoms with Gasteiger partial charge in [0.15, 0.2) is 0 Å². The van der Waals surface area contributed by atoms with Gasteiger partial charge in [0.25, 0.3) is 0 Å². The maximum absolute atomic E-state index is 12.3. The van der Waals surface area contributed by atoms with Crippen LogP contribution >= 0.6 is 0 Å². The standard InChI is InChI=1S/C13H23N3O2S/c1-3-14-9-12-8-13(10-16(12)2)19(17,18)15-11-6-4-5-7-11/h8,10-11,14-15H,3-7,9H2,1-2H3. The Balaban J connectivity index is 2.11. The van der Waals surface area contributed by atoms with Gasteiger partial charge in [-0.05, 0) is 25.5 Å². The molecule has 1 aliphatic rings. The van der Waals surface area contributed by atoms with Crippen LogP contribution in [0.5, 0.6) is 0 Å². The molecule has 1 fully saturated rings. The van der Waals surface area contributed by atoms with Crippen LogP contribution in [0.15, 0.2) is 17.2 Å². The summed E-state index contributed by atoms with van der Waals surface area (Å²) < 4.78 is 29.2. The van der Waals surface area contributed by atoms with Crippen LogP contribution in [0.25, 0.3) is 0 Å². The fourth-order valence-electron chi connectivity index (χ4n) is 2.48. The van der Waals surface area contributed by atoms with Crippen LogP contribution < -0.4 is 10.0 Å². The first-order valence-electron chi connectivity index (χ1n) is 6.91. The van der Waals surface area contributed by atoms with Gasteiger partial charge < -0.3 is 9.88 Å². The molecule has 0 bridgehead atoms. The first-order valence-corrected chi connectivity index (χ1v) is 8.39. The summed E-state index contributed by atoms with van der Waals surface area (Å²) in [6, 6.07) is 1.86. The van der Waals surface area contributed by atoms with Gasteiger partial charge >= 0.3 is 0 Å². The molecule has 6 heteroatoms. The lowest BCUT2D eigenvalue weighted by Crippen LogP contribution is -2.32. The van der Waals surface area contributed by atoms with Crippen LogP contribution in [0.2, 0.25) is 0 Å². The van der Waals surface area contributed by atoms with Crippen molar-refractivity contribution >= 4 is 10.0 Å². The van der Waals surface area contributed by atoms with Crippen LogP contribution in [0.4, 0.5) is 0 Å². The lowest BCUT2D eigenvalue weighted by Gasteiger charge is -2.10. The van der Waals surface area contributed by atoms with Crippen molar-refractivity contribution in [2.75, 3.05) is 6.54 Å². The maximum Gasteiger partial charge on any atom is 0.242 e. The van der Waals surface area contributed by atoms with Gasteiger partial charge in [0.2, 0.25) is 10.0 Å². The second kappa shape index (κ2) is 6.07. The summed E-state index contributed by atoms with van der Waals surface area (Å²) in [7, 11) is -1.49. The first kappa shape index (κ1) is 14.6. The fraction of sp³-hybridized carbons (Fsp3) is 0.692. The number of aromatic nitrogens is 1. The molecule has 5 nitrogen and oxygen atoms in total. The molecule has 0 aliphatic heterocycles. The van der Waals surface area contributed by atoms with E-state index in [1.807, 2.05) is 18.5 Å². The van der Waals surface area contributed by atoms with Crippen molar-refractivity contribution in [1.29, 1.82) is 0 Å². The zero-order chi connectivity index (χ0) is 13.9. The Kier molecular flexibility index (Phi) is 4.65. The Bertz CT molecular complexity index is 516. The van der Waals surface area contributed by atoms with Gasteiger partial charge in [-0.2, -0.15) is 0 Å². The van der Waals surface area contributed by atoms with Crippen molar-refractivity contribution in [2.45, 2.75) is 50.1 Å². The molecule has 2 rings (SSSR count). The number of nitrogens with one attached hydrogen (secondary N) is 2. The average molecular weight is 285 g/mol. The summed E-state index contributed by atoms with van der Waals surface area (Å²) in [5.41, 5.74) is 0.980. The van der Waals surface area contributed by atoms with Crippen LogP contribution in [0.3, 0.4) is 0 Å². The second-order valence-corrected chi connectivity index (χ2v) is 6.88. The minimum absolute atomic E-state index is 0.113. The summed E-state index contributed by atoms with van der Waals surface area (Å²) in [6.07, 6.45) is 5.83. The Morgan fingerprint density at radius 2 is 2.05 bits per heavy atom. The minimum atomic E-state index is -3.37. The van der Waals surface area contributed by atoms with E-state index in [1.165, 1.54) is 0 Å². The summed E-state index contributed by atoms with van der Waals surface area (Å²) >= 11 is 0. The fourth-order valence-corrected chi connectivity index (χ4v) is 3.88. The van der Waals surface area contributed by atoms with Gasteiger partial charge in [-0.1, -0.05) is 19.8 Å². The van der Waals surface area contributed by atoms with E-state index < -0.39 is 10.0 Å². The van der Waals surface area contributed by atoms with Gasteiger partial charge in [0.05, 0.1) is 4.90 Å². The molecule has 0 saturated heterocycles. The van der Waals surface area contributed by atoms with Crippen molar-refractivity contribution in [3.05, 3.63) is 18.0 Å². The number of aryl methyl sites for hydroxylation is 1. The smallest absolute Gasteiger partial charge is 0.242 e. The molecule has 2 N–H and O–H groups in total. The Labute approximate surface area is 115 Å². The van der Waals surface area contributed by atoms with Crippen molar-refractivity contribution in [3.8, 4) is 0 Å². The number of hydrogen-bond acceptors (Lipinski definition) is 3. The predicted molar refractivity (Wildman–Crippen MR) is 75.4 cm³/mol. The molecule has 1 aromatic heterocycles. The van der Waals surface area contributed by atoms with E-state index in [0.29, 0.717) is 11.4 Å². The van der Waals surface area contributed by atoms with E-state index in [9.17, 15) is 8.42 Å². The third-order valence-electron chi connectivity index (χ3n) is 3.63. The lowest BCUT2D eigenvalue weighted by molar-refractivity contribution is 0.552. The SMILES string of the molecule is CCNCc1cc(S(=O)(=O)NC2CCCC2)cn1C. The molecule has 1 heterocycles. The maximum atomic E-state index is 12.3. The largest absolute Gasteiger partial charge is 0.352 e. The molecule has 0 atom stereocenters. The molecule has 1 aliphatic carbocycles. The Hall–Kier alpha value is -0.850. The van der Waals surface area contributed by atoms with Crippen molar-refractivity contribution in [3.63, 3.8) is 0 Å². The van der Waals surface area contributed by atoms with E-state index in [-0.39, 0.29) is 6.04 Å². The minimum Gasteiger partial charge on any atom is -0.352 e. The molecule has 1 aromatic rings. The zero-order valence-corrected chi connectivity index (χ0v) is 12.5. The highest BCUT2D eigenvalue weighted by atomic mass is 32.2. The molecular weight excluding hydrogens is 262 g/mol. The highest BCUT2D eigenvalue weighted by Crippen LogP contribution is 2.21. The van der Waals surface area contributed by atoms with E-state index in [4.69, 9.17) is 0 Å². The Morgan fingerprint density at radius 1 is 1.37 bits per heavy atom. The number of hydrogen-bond donors (Lipinski definition) is 2. The van der Waals surface area contributed by atoms with Gasteiger partial charge in [0, 0.05) is 31.5 Å². The van der Waals surface area contributed by atoms with Crippen molar-refractivity contribution in [2.24, 2.45) is 7.05 Å². The molecule has 0 radical (unpaired) electrons. The third kappa shape index (κ3) is 3.58. The predicted octanol–water partition coefficient (Wildman–Crippen LogP) is 1.36. The van der Waals surface area contributed by atoms with E-state index in [2.05, 4.69) is 10.0 Å². The second-order valence-electron chi connectivity index (χ2n) is 5.16. The quantitative estimate of drug-likeness (QED) is 0.829. The topological polar surface area (TPSA) is 63.1 Å². The summed E-state index contributed by atoms with van der Waals surface area (Å²) in [5, 5.41) is 3.21. The van der Waals surface area contributed by atoms with Crippen LogP contribution in [-0.2, 0) is 23.6 Å². The molecule has 0 aromatic carbocycles. The van der Waals surface area contributed by atoms with Crippen LogP contribution in [0.1, 0.15) is 38.3 Å². The Morgan fingerprint density at radius 3 is 2.68 bits per heavy atom. The third-order valence-corrected chi connectivity index (χ3v) is 5.11. The summed E-state index contributed by atoms with van der Waals surface area (Å²) in [6.45, 7) is 3.59. The highest BCUT2D eigenvalue weighted by molar-refractivity contribution is 7.89. The number of rotatable bonds is 6. The molecule has 0 spiro atoms. The van der Waals surface area contributed by atoms with Gasteiger partial charge in [-0.25, -0.2) is 13.1 Å². The normalized spacial score (nSPS) is 17.2. The van der Waals surface area contributed by atoms with Gasteiger partial charge in [-0.3, -0.25) is 0 Å². The number of sulfonamides is 1. The van der Waals surface area contributed by atoms with Crippen molar-refractivity contribution < 1.29 is 8.42 Å². The highest BCUT2D eigenvalue weighted by Gasteiger charge is 2.24. The van der Waals surface area contributed by atoms with Crippen LogP contribution in [0, 0.1) is 0 Å². The molecule has 0 unspecified atom stereocenters. The molecular formula is C13H23N3O2S. The van der Waals surface area contributed by atoms with Gasteiger partial charge in [0.1, 0.15) is 0 Å². The van der Waals surface area contributed by atoms with Crippen molar-refractivity contribution in [1.82, 2.24) is 14.6 Å². The summed E-state index contributed by atoms with van der Waals surface area (Å²) in [5.74, 6) is 0. The monoisotopic (exact) mass is 285 g/mol. The average Bonchev–Trinajstić information content (AvgIpc) is 2.96. The van der Waals surface area contributed by atoms with Gasteiger partial charge in [-0.15, -0.1) is 0 Å². The van der Waals surface area contributed by atoms with E-state index in [0.717, 1.165) is 37.9 Å². The molecule has 108 valence electrons. The van der Waals surface area contributed by atoms with E-state index >= 15 is 0 Å². The van der Waals surface area contributed by atoms with Crippen LogP contribution in [-0.4, -0.2) is 25.6 Å². The summed E-state index contributed by atoms with van der Waals surface area (Å²) in [4.78, 5) is 0.370. The van der Waals surface area contributed by atoms with E-state index in [1.54, 1.807) is 12.3 Å². The first-order chi connectivity index (χ1) is 9.03. The molecule has 1 saturated carbocycles. The molecule has 19 heavy (non-hydrogen) atoms. The lowest BCUT2D eigenvalue weighted by atomic mass is 10.3. The zero-order valence-electron chi connectivity index (χ0n) is 11.6. The molecule has 0 amide bonds. The number of nitrogens with zero attached hydrogens (tertiary/aromatic N) is 1.